The zero-order valence-corrected chi connectivity index (χ0v) is 9.20. The fraction of sp³-hybridized carbons (Fsp3) is 0.900. The third-order valence-electron chi connectivity index (χ3n) is 2.89. The molecular formula is C10H21N3O. The molecule has 0 radical (unpaired) electrons. The Bertz CT molecular complexity index is 194. The first-order valence-corrected chi connectivity index (χ1v) is 5.29. The number of nitrogens with two attached hydrogens (primary N) is 1. The van der Waals surface area contributed by atoms with E-state index < -0.39 is 0 Å². The fourth-order valence-corrected chi connectivity index (χ4v) is 1.98. The number of likely N-dealkylation sites (tertiary alicyclic amines) is 1. The Balaban J connectivity index is 2.07. The maximum atomic E-state index is 11.2. The topological polar surface area (TPSA) is 49.6 Å². The summed E-state index contributed by atoms with van der Waals surface area (Å²) in [5.74, 6) is 6.15. The molecule has 1 atom stereocenters. The first-order chi connectivity index (χ1) is 6.59. The summed E-state index contributed by atoms with van der Waals surface area (Å²) in [4.78, 5) is 13.5. The van der Waals surface area contributed by atoms with E-state index in [1.807, 2.05) is 0 Å². The average molecular weight is 199 g/mol. The van der Waals surface area contributed by atoms with E-state index in [2.05, 4.69) is 11.9 Å². The van der Waals surface area contributed by atoms with Crippen molar-refractivity contribution in [1.29, 1.82) is 0 Å². The number of carbonyl (C=O) groups excluding carboxylic acids is 1. The van der Waals surface area contributed by atoms with E-state index in [0.717, 1.165) is 18.8 Å². The van der Waals surface area contributed by atoms with Crippen LogP contribution in [0.5, 0.6) is 0 Å². The summed E-state index contributed by atoms with van der Waals surface area (Å²) < 4.78 is 0. The second-order valence-electron chi connectivity index (χ2n) is 4.31. The SMILES string of the molecule is CN1CCC(CCCC(=O)N(C)N)C1. The zero-order valence-electron chi connectivity index (χ0n) is 9.20. The van der Waals surface area contributed by atoms with Gasteiger partial charge < -0.3 is 4.90 Å². The molecular weight excluding hydrogens is 178 g/mol. The molecule has 4 heteroatoms. The van der Waals surface area contributed by atoms with Crippen molar-refractivity contribution in [3.05, 3.63) is 0 Å². The van der Waals surface area contributed by atoms with Crippen LogP contribution in [0.15, 0.2) is 0 Å². The highest BCUT2D eigenvalue weighted by Gasteiger charge is 2.19. The summed E-state index contributed by atoms with van der Waals surface area (Å²) >= 11 is 0. The summed E-state index contributed by atoms with van der Waals surface area (Å²) in [6, 6.07) is 0. The van der Waals surface area contributed by atoms with Gasteiger partial charge in [0.1, 0.15) is 0 Å². The molecule has 1 fully saturated rings. The lowest BCUT2D eigenvalue weighted by Gasteiger charge is -2.12. The molecule has 0 bridgehead atoms. The van der Waals surface area contributed by atoms with Gasteiger partial charge in [-0.2, -0.15) is 0 Å². The molecule has 82 valence electrons. The quantitative estimate of drug-likeness (QED) is 0.406. The van der Waals surface area contributed by atoms with Crippen LogP contribution in [0.25, 0.3) is 0 Å². The van der Waals surface area contributed by atoms with E-state index in [4.69, 9.17) is 5.84 Å². The van der Waals surface area contributed by atoms with E-state index in [-0.39, 0.29) is 5.91 Å². The van der Waals surface area contributed by atoms with Gasteiger partial charge in [-0.1, -0.05) is 0 Å². The van der Waals surface area contributed by atoms with Crippen LogP contribution < -0.4 is 5.84 Å². The molecule has 1 aliphatic heterocycles. The van der Waals surface area contributed by atoms with Crippen molar-refractivity contribution in [2.75, 3.05) is 27.2 Å². The van der Waals surface area contributed by atoms with Crippen molar-refractivity contribution < 1.29 is 4.79 Å². The van der Waals surface area contributed by atoms with Gasteiger partial charge in [-0.15, -0.1) is 0 Å². The number of nitrogens with zero attached hydrogens (tertiary/aromatic N) is 2. The number of carbonyl (C=O) groups is 1. The van der Waals surface area contributed by atoms with Crippen LogP contribution >= 0.6 is 0 Å². The van der Waals surface area contributed by atoms with E-state index in [0.29, 0.717) is 6.42 Å². The number of hydrogen-bond donors (Lipinski definition) is 1. The van der Waals surface area contributed by atoms with Crippen molar-refractivity contribution in [3.63, 3.8) is 0 Å². The number of rotatable bonds is 4. The molecule has 2 N–H and O–H groups in total. The third-order valence-corrected chi connectivity index (χ3v) is 2.89. The maximum Gasteiger partial charge on any atom is 0.236 e. The van der Waals surface area contributed by atoms with E-state index in [1.165, 1.54) is 24.5 Å². The van der Waals surface area contributed by atoms with Crippen molar-refractivity contribution in [3.8, 4) is 0 Å². The third kappa shape index (κ3) is 3.64. The van der Waals surface area contributed by atoms with Gasteiger partial charge in [-0.25, -0.2) is 5.84 Å². The van der Waals surface area contributed by atoms with Crippen molar-refractivity contribution >= 4 is 5.91 Å². The first-order valence-electron chi connectivity index (χ1n) is 5.29. The Morgan fingerprint density at radius 3 is 2.86 bits per heavy atom. The Morgan fingerprint density at radius 2 is 2.36 bits per heavy atom. The van der Waals surface area contributed by atoms with E-state index in [9.17, 15) is 4.79 Å². The van der Waals surface area contributed by atoms with Gasteiger partial charge in [0.25, 0.3) is 0 Å². The number of amides is 1. The van der Waals surface area contributed by atoms with Crippen LogP contribution in [0.1, 0.15) is 25.7 Å². The van der Waals surface area contributed by atoms with Gasteiger partial charge >= 0.3 is 0 Å². The minimum absolute atomic E-state index is 0.0383. The molecule has 14 heavy (non-hydrogen) atoms. The number of hydrazine groups is 1. The summed E-state index contributed by atoms with van der Waals surface area (Å²) in [7, 11) is 3.75. The van der Waals surface area contributed by atoms with E-state index >= 15 is 0 Å². The van der Waals surface area contributed by atoms with Gasteiger partial charge in [0, 0.05) is 20.0 Å². The van der Waals surface area contributed by atoms with Crippen molar-refractivity contribution in [1.82, 2.24) is 9.91 Å². The second kappa shape index (κ2) is 5.32. The molecule has 1 amide bonds. The van der Waals surface area contributed by atoms with Crippen LogP contribution in [0, 0.1) is 5.92 Å². The molecule has 0 aromatic rings. The molecule has 0 saturated carbocycles. The zero-order chi connectivity index (χ0) is 10.6. The summed E-state index contributed by atoms with van der Waals surface area (Å²) in [5.41, 5.74) is 0. The molecule has 1 saturated heterocycles. The minimum Gasteiger partial charge on any atom is -0.306 e. The highest BCUT2D eigenvalue weighted by Crippen LogP contribution is 2.20. The molecule has 0 aromatic carbocycles. The number of hydrogen-bond acceptors (Lipinski definition) is 3. The summed E-state index contributed by atoms with van der Waals surface area (Å²) in [5, 5.41) is 1.18. The fourth-order valence-electron chi connectivity index (χ4n) is 1.98. The van der Waals surface area contributed by atoms with Gasteiger partial charge in [0.2, 0.25) is 5.91 Å². The lowest BCUT2D eigenvalue weighted by molar-refractivity contribution is -0.130. The largest absolute Gasteiger partial charge is 0.306 e. The van der Waals surface area contributed by atoms with Gasteiger partial charge in [0.15, 0.2) is 0 Å². The van der Waals surface area contributed by atoms with Crippen LogP contribution in [0.4, 0.5) is 0 Å². The molecule has 1 heterocycles. The first kappa shape index (κ1) is 11.5. The molecule has 1 unspecified atom stereocenters. The Morgan fingerprint density at radius 1 is 1.64 bits per heavy atom. The monoisotopic (exact) mass is 199 g/mol. The Labute approximate surface area is 86.0 Å². The van der Waals surface area contributed by atoms with Crippen LogP contribution in [0.2, 0.25) is 0 Å². The van der Waals surface area contributed by atoms with Crippen LogP contribution in [-0.2, 0) is 4.79 Å². The molecule has 1 aliphatic rings. The predicted octanol–water partition coefficient (Wildman–Crippen LogP) is 0.441. The summed E-state index contributed by atoms with van der Waals surface area (Å²) in [6.07, 6.45) is 4.00. The second-order valence-corrected chi connectivity index (χ2v) is 4.31. The minimum atomic E-state index is 0.0383. The van der Waals surface area contributed by atoms with E-state index in [1.54, 1.807) is 7.05 Å². The lowest BCUT2D eigenvalue weighted by atomic mass is 10.0. The molecule has 4 nitrogen and oxygen atoms in total. The normalized spacial score (nSPS) is 22.6. The van der Waals surface area contributed by atoms with Crippen LogP contribution in [-0.4, -0.2) is 43.0 Å². The Hall–Kier alpha value is -0.610. The smallest absolute Gasteiger partial charge is 0.236 e. The molecule has 0 aliphatic carbocycles. The van der Waals surface area contributed by atoms with Gasteiger partial charge in [-0.3, -0.25) is 9.80 Å². The Kier molecular flexibility index (Phi) is 4.35. The standard InChI is InChI=1S/C10H21N3O/c1-12-7-6-9(8-12)4-3-5-10(14)13(2)11/h9H,3-8,11H2,1-2H3. The molecule has 0 spiro atoms. The van der Waals surface area contributed by atoms with Gasteiger partial charge in [0.05, 0.1) is 0 Å². The average Bonchev–Trinajstić information content (AvgIpc) is 2.51. The van der Waals surface area contributed by atoms with Crippen molar-refractivity contribution in [2.24, 2.45) is 11.8 Å². The molecule has 0 aromatic heterocycles. The highest BCUT2D eigenvalue weighted by molar-refractivity contribution is 5.75. The van der Waals surface area contributed by atoms with Gasteiger partial charge in [-0.05, 0) is 38.8 Å². The maximum absolute atomic E-state index is 11.2. The molecule has 1 rings (SSSR count). The highest BCUT2D eigenvalue weighted by atomic mass is 16.2. The lowest BCUT2D eigenvalue weighted by Crippen LogP contribution is -2.32. The predicted molar refractivity (Wildman–Crippen MR) is 56.4 cm³/mol. The summed E-state index contributed by atoms with van der Waals surface area (Å²) in [6.45, 7) is 2.39. The van der Waals surface area contributed by atoms with Crippen molar-refractivity contribution in [2.45, 2.75) is 25.7 Å². The van der Waals surface area contributed by atoms with Crippen LogP contribution in [0.3, 0.4) is 0 Å².